The zero-order chi connectivity index (χ0) is 26.6. The molecule has 0 radical (unpaired) electrons. The van der Waals surface area contributed by atoms with E-state index in [1.54, 1.807) is 18.2 Å². The van der Waals surface area contributed by atoms with Crippen molar-refractivity contribution in [3.8, 4) is 22.8 Å². The molecule has 1 fully saturated rings. The average Bonchev–Trinajstić information content (AvgIpc) is 2.89. The van der Waals surface area contributed by atoms with E-state index in [9.17, 15) is 22.8 Å². The van der Waals surface area contributed by atoms with Gasteiger partial charge in [-0.25, -0.2) is 9.78 Å². The number of methoxy groups -OCH3 is 1. The molecule has 0 spiro atoms. The van der Waals surface area contributed by atoms with Gasteiger partial charge in [-0.2, -0.15) is 13.2 Å². The lowest BCUT2D eigenvalue weighted by Gasteiger charge is -2.32. The fourth-order valence-electron chi connectivity index (χ4n) is 3.69. The van der Waals surface area contributed by atoms with Crippen molar-refractivity contribution in [3.05, 3.63) is 60.4 Å². The first-order valence-electron chi connectivity index (χ1n) is 11.3. The molecule has 1 aliphatic rings. The molecule has 1 aliphatic heterocycles. The van der Waals surface area contributed by atoms with Crippen LogP contribution in [0.5, 0.6) is 11.5 Å². The molecule has 1 N–H and O–H groups in total. The molecule has 12 heteroatoms. The average molecular weight is 515 g/mol. The number of ether oxygens (including phenoxy) is 2. The molecule has 2 aromatic carbocycles. The van der Waals surface area contributed by atoms with E-state index >= 15 is 0 Å². The zero-order valence-electron chi connectivity index (χ0n) is 20.1. The molecule has 194 valence electrons. The normalized spacial score (nSPS) is 14.2. The van der Waals surface area contributed by atoms with Gasteiger partial charge in [0.2, 0.25) is 0 Å². The van der Waals surface area contributed by atoms with Crippen LogP contribution in [0.15, 0.2) is 54.9 Å². The number of piperazine rings is 1. The fraction of sp³-hybridized carbons (Fsp3) is 0.280. The van der Waals surface area contributed by atoms with Crippen LogP contribution in [0.1, 0.15) is 10.4 Å². The Morgan fingerprint density at radius 1 is 1.00 bits per heavy atom. The maximum atomic E-state index is 13.0. The number of likely N-dealkylation sites (N-methyl/N-ethyl adjacent to an activating group) is 1. The molecule has 4 rings (SSSR count). The molecule has 2 heterocycles. The highest BCUT2D eigenvalue weighted by Gasteiger charge is 2.41. The van der Waals surface area contributed by atoms with E-state index in [2.05, 4.69) is 24.9 Å². The predicted molar refractivity (Wildman–Crippen MR) is 129 cm³/mol. The highest BCUT2D eigenvalue weighted by atomic mass is 19.4. The van der Waals surface area contributed by atoms with E-state index in [4.69, 9.17) is 4.74 Å². The standard InChI is InChI=1S/C25H24F3N5O4/c1-32-9-11-33(12-10-32)23(34)17-5-8-21(36-2)19(13-17)30-22-15-29-14-20(31-22)16-3-6-18(7-4-16)37-24(35)25(26,27)28/h3-8,13-15H,9-12H2,1-2H3,(H,30,31). The summed E-state index contributed by atoms with van der Waals surface area (Å²) < 4.78 is 47.0. The summed E-state index contributed by atoms with van der Waals surface area (Å²) in [6.07, 6.45) is -2.12. The van der Waals surface area contributed by atoms with E-state index < -0.39 is 12.1 Å². The first-order chi connectivity index (χ1) is 17.6. The van der Waals surface area contributed by atoms with E-state index in [-0.39, 0.29) is 11.7 Å². The molecule has 3 aromatic rings. The van der Waals surface area contributed by atoms with Crippen LogP contribution in [-0.4, -0.2) is 78.2 Å². The molecule has 1 saturated heterocycles. The van der Waals surface area contributed by atoms with Gasteiger partial charge in [-0.3, -0.25) is 9.78 Å². The maximum Gasteiger partial charge on any atom is 0.491 e. The van der Waals surface area contributed by atoms with Crippen LogP contribution >= 0.6 is 0 Å². The van der Waals surface area contributed by atoms with Crippen molar-refractivity contribution in [2.45, 2.75) is 6.18 Å². The van der Waals surface area contributed by atoms with Gasteiger partial charge in [0.25, 0.3) is 5.91 Å². The first-order valence-corrected chi connectivity index (χ1v) is 11.3. The van der Waals surface area contributed by atoms with Crippen LogP contribution in [0.3, 0.4) is 0 Å². The second-order valence-electron chi connectivity index (χ2n) is 8.34. The number of hydrogen-bond donors (Lipinski definition) is 1. The lowest BCUT2D eigenvalue weighted by atomic mass is 10.1. The number of nitrogens with one attached hydrogen (secondary N) is 1. The van der Waals surface area contributed by atoms with E-state index in [1.165, 1.54) is 43.8 Å². The van der Waals surface area contributed by atoms with Gasteiger partial charge in [0.1, 0.15) is 17.3 Å². The van der Waals surface area contributed by atoms with Crippen molar-refractivity contribution in [3.63, 3.8) is 0 Å². The van der Waals surface area contributed by atoms with Gasteiger partial charge in [0.15, 0.2) is 0 Å². The van der Waals surface area contributed by atoms with Crippen molar-refractivity contribution in [1.82, 2.24) is 19.8 Å². The maximum absolute atomic E-state index is 13.0. The summed E-state index contributed by atoms with van der Waals surface area (Å²) in [6.45, 7) is 2.90. The minimum Gasteiger partial charge on any atom is -0.495 e. The number of halogens is 3. The van der Waals surface area contributed by atoms with Crippen molar-refractivity contribution < 1.29 is 32.2 Å². The van der Waals surface area contributed by atoms with E-state index in [0.29, 0.717) is 47.2 Å². The number of amides is 1. The Morgan fingerprint density at radius 3 is 2.35 bits per heavy atom. The number of benzene rings is 2. The van der Waals surface area contributed by atoms with Gasteiger partial charge in [0, 0.05) is 37.3 Å². The van der Waals surface area contributed by atoms with E-state index in [0.717, 1.165) is 13.1 Å². The summed E-state index contributed by atoms with van der Waals surface area (Å²) in [6, 6.07) is 10.5. The Morgan fingerprint density at radius 2 is 1.70 bits per heavy atom. The Hall–Kier alpha value is -4.19. The zero-order valence-corrected chi connectivity index (χ0v) is 20.1. The summed E-state index contributed by atoms with van der Waals surface area (Å²) in [4.78, 5) is 36.7. The number of hydrogen-bond acceptors (Lipinski definition) is 8. The van der Waals surface area contributed by atoms with Crippen LogP contribution in [0.25, 0.3) is 11.3 Å². The van der Waals surface area contributed by atoms with Crippen molar-refractivity contribution in [2.24, 2.45) is 0 Å². The number of anilines is 2. The van der Waals surface area contributed by atoms with Crippen molar-refractivity contribution in [2.75, 3.05) is 45.7 Å². The van der Waals surface area contributed by atoms with Gasteiger partial charge in [0.05, 0.1) is 30.9 Å². The van der Waals surface area contributed by atoms with Crippen molar-refractivity contribution in [1.29, 1.82) is 0 Å². The molecule has 0 aliphatic carbocycles. The number of aromatic nitrogens is 2. The first kappa shape index (κ1) is 25.9. The topological polar surface area (TPSA) is 96.9 Å². The van der Waals surface area contributed by atoms with Crippen LogP contribution in [0.2, 0.25) is 0 Å². The molecule has 37 heavy (non-hydrogen) atoms. The molecule has 0 bridgehead atoms. The summed E-state index contributed by atoms with van der Waals surface area (Å²) in [5.74, 6) is -1.77. The minimum atomic E-state index is -5.09. The number of alkyl halides is 3. The Kier molecular flexibility index (Phi) is 7.58. The van der Waals surface area contributed by atoms with Crippen LogP contribution in [-0.2, 0) is 4.79 Å². The monoisotopic (exact) mass is 515 g/mol. The summed E-state index contributed by atoms with van der Waals surface area (Å²) >= 11 is 0. The summed E-state index contributed by atoms with van der Waals surface area (Å²) in [7, 11) is 3.53. The Bertz CT molecular complexity index is 1280. The summed E-state index contributed by atoms with van der Waals surface area (Å²) in [5.41, 5.74) is 1.97. The second-order valence-corrected chi connectivity index (χ2v) is 8.34. The number of rotatable bonds is 6. The highest BCUT2D eigenvalue weighted by molar-refractivity contribution is 5.96. The molecular weight excluding hydrogens is 491 g/mol. The summed E-state index contributed by atoms with van der Waals surface area (Å²) in [5, 5.41) is 3.12. The van der Waals surface area contributed by atoms with Crippen LogP contribution < -0.4 is 14.8 Å². The SMILES string of the molecule is COc1ccc(C(=O)N2CCN(C)CC2)cc1Nc1cncc(-c2ccc(OC(=O)C(F)(F)F)cc2)n1. The third-order valence-electron chi connectivity index (χ3n) is 5.73. The smallest absolute Gasteiger partial charge is 0.491 e. The molecule has 9 nitrogen and oxygen atoms in total. The number of esters is 1. The number of nitrogens with zero attached hydrogens (tertiary/aromatic N) is 4. The fourth-order valence-corrected chi connectivity index (χ4v) is 3.69. The van der Waals surface area contributed by atoms with Gasteiger partial charge in [-0.1, -0.05) is 0 Å². The van der Waals surface area contributed by atoms with Gasteiger partial charge >= 0.3 is 12.1 Å². The lowest BCUT2D eigenvalue weighted by Crippen LogP contribution is -2.47. The molecular formula is C25H24F3N5O4. The molecule has 1 amide bonds. The second kappa shape index (κ2) is 10.8. The molecule has 0 atom stereocenters. The molecule has 1 aromatic heterocycles. The lowest BCUT2D eigenvalue weighted by molar-refractivity contribution is -0.189. The molecule has 0 unspecified atom stereocenters. The largest absolute Gasteiger partial charge is 0.495 e. The number of carbonyl (C=O) groups excluding carboxylic acids is 2. The van der Waals surface area contributed by atoms with Gasteiger partial charge in [-0.05, 0) is 49.5 Å². The Labute approximate surface area is 210 Å². The number of carbonyl (C=O) groups is 2. The minimum absolute atomic E-state index is 0.0787. The highest BCUT2D eigenvalue weighted by Crippen LogP contribution is 2.30. The van der Waals surface area contributed by atoms with Crippen LogP contribution in [0, 0.1) is 0 Å². The van der Waals surface area contributed by atoms with Crippen LogP contribution in [0.4, 0.5) is 24.7 Å². The molecule has 0 saturated carbocycles. The predicted octanol–water partition coefficient (Wildman–Crippen LogP) is 3.75. The quantitative estimate of drug-likeness (QED) is 0.392. The van der Waals surface area contributed by atoms with Crippen molar-refractivity contribution >= 4 is 23.4 Å². The van der Waals surface area contributed by atoms with E-state index in [1.807, 2.05) is 11.9 Å². The third kappa shape index (κ3) is 6.33. The third-order valence-corrected chi connectivity index (χ3v) is 5.73. The van der Waals surface area contributed by atoms with Gasteiger partial charge < -0.3 is 24.6 Å². The van der Waals surface area contributed by atoms with Gasteiger partial charge in [-0.15, -0.1) is 0 Å². The Balaban J connectivity index is 1.51.